The number of halogens is 2. The van der Waals surface area contributed by atoms with Gasteiger partial charge < -0.3 is 91.5 Å². The van der Waals surface area contributed by atoms with E-state index < -0.39 is 70.8 Å². The smallest absolute Gasteiger partial charge is 0.246 e. The second-order valence-corrected chi connectivity index (χ2v) is 45.1. The first-order valence-electron chi connectivity index (χ1n) is 51.6. The lowest BCUT2D eigenvalue weighted by molar-refractivity contribution is -0.145. The fraction of sp³-hybridized carbons (Fsp3) is 0.541. The number of aliphatic hydroxyl groups excluding tert-OH is 2. The number of aryl methyl sites for hydroxylation is 1. The number of para-hydroxylation sites is 2. The molecule has 6 saturated heterocycles. The normalized spacial score (nSPS) is 26.1. The topological polar surface area (TPSA) is 385 Å². The number of benzene rings is 4. The van der Waals surface area contributed by atoms with E-state index in [-0.39, 0.29) is 102 Å². The largest absolute Gasteiger partial charge is 0.507 e. The summed E-state index contributed by atoms with van der Waals surface area (Å²) in [5.74, 6) is 10.0. The van der Waals surface area contributed by atoms with Gasteiger partial charge in [0.25, 0.3) is 0 Å². The number of hydrogen-bond donors (Lipinski definition) is 10. The molecule has 4 aromatic carbocycles. The summed E-state index contributed by atoms with van der Waals surface area (Å²) in [6.45, 7) is 19.4. The Morgan fingerprint density at radius 3 is 1.54 bits per heavy atom. The molecule has 0 unspecified atom stereocenters. The van der Waals surface area contributed by atoms with Gasteiger partial charge in [-0.3, -0.25) is 28.8 Å². The number of rotatable bonds is 23. The molecule has 34 heteroatoms. The minimum atomic E-state index is -1.12. The van der Waals surface area contributed by atoms with E-state index >= 15 is 9.59 Å². The molecule has 12 aliphatic rings. The molecule has 0 radical (unpaired) electrons. The zero-order valence-corrected chi connectivity index (χ0v) is 83.8. The van der Waals surface area contributed by atoms with E-state index in [4.69, 9.17) is 49.6 Å². The van der Waals surface area contributed by atoms with E-state index in [1.165, 1.54) is 15.4 Å². The minimum Gasteiger partial charge on any atom is -0.507 e. The van der Waals surface area contributed by atoms with Crippen molar-refractivity contribution >= 4 is 93.6 Å². The first-order chi connectivity index (χ1) is 68.9. The highest BCUT2D eigenvalue weighted by Gasteiger charge is 2.54. The number of aromatic nitrogens is 8. The van der Waals surface area contributed by atoms with E-state index in [2.05, 4.69) is 99.5 Å². The molecule has 8 aromatic rings. The van der Waals surface area contributed by atoms with Crippen molar-refractivity contribution in [1.82, 2.24) is 81.2 Å². The summed E-state index contributed by atoms with van der Waals surface area (Å²) in [5.41, 5.74) is 8.16. The summed E-state index contributed by atoms with van der Waals surface area (Å²) in [4.78, 5) is 126. The molecule has 4 saturated carbocycles. The molecule has 4 aliphatic carbocycles. The van der Waals surface area contributed by atoms with Gasteiger partial charge >= 0.3 is 0 Å². The van der Waals surface area contributed by atoms with Gasteiger partial charge in [-0.1, -0.05) is 106 Å². The number of phenolic OH excluding ortho intramolecular Hbond substituents is 2. The van der Waals surface area contributed by atoms with Crippen LogP contribution in [0.25, 0.3) is 22.5 Å². The van der Waals surface area contributed by atoms with Crippen molar-refractivity contribution in [3.8, 4) is 58.2 Å². The molecule has 10 N–H and O–H groups in total. The summed E-state index contributed by atoms with van der Waals surface area (Å²) < 4.78 is 0. The number of nitrogens with zero attached hydrogens (tertiary/aromatic N) is 16. The van der Waals surface area contributed by atoms with Crippen LogP contribution in [0.4, 0.5) is 34.9 Å². The Hall–Kier alpha value is -12.0. The van der Waals surface area contributed by atoms with E-state index in [0.29, 0.717) is 101 Å². The molecular weight excluding hydrogens is 1850 g/mol. The predicted octanol–water partition coefficient (Wildman–Crippen LogP) is 11.2. The average molecular weight is 1980 g/mol. The number of piperazine rings is 2. The Morgan fingerprint density at radius 2 is 1.03 bits per heavy atom. The molecule has 0 bridgehead atoms. The number of anilines is 6. The summed E-state index contributed by atoms with van der Waals surface area (Å²) >= 11 is 13.0. The molecule has 20 rings (SSSR count). The van der Waals surface area contributed by atoms with Crippen LogP contribution in [0.1, 0.15) is 202 Å². The minimum absolute atomic E-state index is 0.00968. The van der Waals surface area contributed by atoms with Gasteiger partial charge in [0.05, 0.1) is 58.6 Å². The third-order valence-corrected chi connectivity index (χ3v) is 34.3. The first kappa shape index (κ1) is 98.4. The van der Waals surface area contributed by atoms with E-state index in [1.807, 2.05) is 102 Å². The fourth-order valence-corrected chi connectivity index (χ4v) is 25.4. The number of piperidine rings is 2. The van der Waals surface area contributed by atoms with Gasteiger partial charge in [0.15, 0.2) is 11.6 Å². The maximum Gasteiger partial charge on any atom is 0.246 e. The molecule has 143 heavy (non-hydrogen) atoms. The molecule has 32 nitrogen and oxygen atoms in total. The van der Waals surface area contributed by atoms with Gasteiger partial charge in [-0.25, -0.2) is 19.9 Å². The first-order valence-corrected chi connectivity index (χ1v) is 52.3. The van der Waals surface area contributed by atoms with Crippen LogP contribution in [0.3, 0.4) is 0 Å². The van der Waals surface area contributed by atoms with Gasteiger partial charge in [-0.15, -0.1) is 26.8 Å². The van der Waals surface area contributed by atoms with Crippen LogP contribution >= 0.6 is 23.2 Å². The maximum absolute atomic E-state index is 15.6. The zero-order chi connectivity index (χ0) is 99.3. The number of aliphatic hydroxyl groups is 2. The van der Waals surface area contributed by atoms with Crippen LogP contribution in [0.15, 0.2) is 122 Å². The van der Waals surface area contributed by atoms with Crippen molar-refractivity contribution in [1.29, 1.82) is 0 Å². The van der Waals surface area contributed by atoms with Gasteiger partial charge in [0.2, 0.25) is 47.3 Å². The molecule has 4 aromatic heterocycles. The number of fused-ring (bicyclic) bond motifs is 6. The number of amides is 6. The average Bonchev–Trinajstić information content (AvgIpc) is 1.54. The van der Waals surface area contributed by atoms with E-state index in [1.54, 1.807) is 54.6 Å². The number of terminal acetylenes is 1. The molecular formula is C109H132Cl2N22O10. The predicted molar refractivity (Wildman–Crippen MR) is 548 cm³/mol. The third-order valence-electron chi connectivity index (χ3n) is 33.7. The van der Waals surface area contributed by atoms with Crippen molar-refractivity contribution < 1.29 is 49.2 Å². The van der Waals surface area contributed by atoms with Gasteiger partial charge in [-0.05, 0) is 264 Å². The second-order valence-electron chi connectivity index (χ2n) is 44.3. The molecule has 8 aliphatic heterocycles. The summed E-state index contributed by atoms with van der Waals surface area (Å²) in [5, 5.41) is 81.6. The standard InChI is InChI=1S/C109H132Cl2N22O10/c1-7-66-17-19-67(20-18-66)55-115-101(141)91-48-82(135)65-133(91)103(143)95(121-99(139)72-26-35-109(36-27-72)53-78(54-109)127-40-30-70(31-41-127)75-58-118-105(119-59-75)129-43-45-131-80(63-129)61-114-97-89(131)50-87(123-125-97)84-14-10-15-85(111)93(84)137)107(5,6)32-23-73-46-76(110)22-21-68(73)12-11-37-112-100(140)90-47-81(134)64-132(90)102(142)94(106(2,3)4)120-98(138)71-24-33-108(34-25-71)51-77(52-108)126-38-28-69(29-39-126)74-56-116-104(117-57-74)128-42-44-130-79(62-128)60-113-96-88(130)49-86(122-124-96)83-13-8-9-16-92(83)136/h1,8-10,13-22,46,49-50,56-59,69-72,77-82,90-91,94-95,134-137H,23-45,47-48,51-55,60-65H2,2-6H3,(H,112,140)(H,113,124)(H,114,125)(H,115,141)(H,120,138)(H,121,139)/t71-,72-,77-,78-,79-,80-,81+,82+,90-,91-,94+,95+,108?,109?/m0/s1. The lowest BCUT2D eigenvalue weighted by Gasteiger charge is -2.55. The summed E-state index contributed by atoms with van der Waals surface area (Å²) in [6.07, 6.45) is 27.5. The Bertz CT molecular complexity index is 6150. The highest BCUT2D eigenvalue weighted by Crippen LogP contribution is 2.57. The van der Waals surface area contributed by atoms with Crippen molar-refractivity contribution in [2.45, 2.75) is 242 Å². The quantitative estimate of drug-likeness (QED) is 0.0266. The Balaban J connectivity index is 0.415. The van der Waals surface area contributed by atoms with Crippen LogP contribution in [-0.4, -0.2) is 275 Å². The number of likely N-dealkylation sites (tertiary alicyclic amines) is 4. The van der Waals surface area contributed by atoms with Crippen LogP contribution in [-0.2, 0) is 41.7 Å². The number of carbonyl (C=O) groups is 6. The number of hydrogen-bond acceptors (Lipinski definition) is 26. The number of β-amino-alcohol motifs (C(OH)–C–C–N with tert-alkyl or cyclic N) is 2. The van der Waals surface area contributed by atoms with E-state index in [9.17, 15) is 39.6 Å². The van der Waals surface area contributed by atoms with Gasteiger partial charge in [0, 0.05) is 161 Å². The zero-order valence-electron chi connectivity index (χ0n) is 82.3. The van der Waals surface area contributed by atoms with Gasteiger partial charge in [0.1, 0.15) is 35.7 Å². The molecule has 8 atom stereocenters. The molecule has 12 heterocycles. The highest BCUT2D eigenvalue weighted by molar-refractivity contribution is 6.32. The number of aromatic hydroxyl groups is 2. The maximum atomic E-state index is 15.6. The Kier molecular flexibility index (Phi) is 28.4. The Labute approximate surface area is 846 Å². The van der Waals surface area contributed by atoms with E-state index in [0.717, 1.165) is 208 Å². The number of carbonyl (C=O) groups excluding carboxylic acids is 6. The Morgan fingerprint density at radius 1 is 0.538 bits per heavy atom. The number of phenols is 2. The van der Waals surface area contributed by atoms with Crippen LogP contribution < -0.4 is 51.5 Å². The molecule has 10 fully saturated rings. The van der Waals surface area contributed by atoms with Crippen LogP contribution in [0.2, 0.25) is 10.0 Å². The number of nitrogens with one attached hydrogen (secondary N) is 6. The summed E-state index contributed by atoms with van der Waals surface area (Å²) in [6, 6.07) is 26.2. The van der Waals surface area contributed by atoms with Crippen LogP contribution in [0.5, 0.6) is 11.5 Å². The van der Waals surface area contributed by atoms with Crippen molar-refractivity contribution in [2.75, 3.05) is 128 Å². The van der Waals surface area contributed by atoms with Crippen molar-refractivity contribution in [3.05, 3.63) is 165 Å². The lowest BCUT2D eigenvalue weighted by Crippen LogP contribution is -2.59. The summed E-state index contributed by atoms with van der Waals surface area (Å²) in [7, 11) is 0. The van der Waals surface area contributed by atoms with Crippen molar-refractivity contribution in [3.63, 3.8) is 0 Å². The lowest BCUT2D eigenvalue weighted by atomic mass is 9.56. The monoisotopic (exact) mass is 1980 g/mol. The second kappa shape index (κ2) is 41.2. The highest BCUT2D eigenvalue weighted by atomic mass is 35.5. The third kappa shape index (κ3) is 21.0. The molecule has 752 valence electrons. The SMILES string of the molecule is C#Cc1ccc(CNC(=O)[C@@H]2C[C@@H](O)CN2C(=O)[C@@H](NC(=O)[C@H]2CCC3(CC2)C[C@H](N2CCC(c4cnc(N5CCN6c7cc(-c8cccc(Cl)c8O)nnc7NC[C@H]6C5)nc4)CC2)C3)C(C)(C)CCc2cc(Cl)ccc2C#CCNC(=O)[C@@H]2C[C@@H](O)CN2C(=O)[C@@H](NC(=O)[C@H]2CCC3(CC2)C[C@H](N2CCC(c4cnc(N5CCN6c7cc(-c8ccccc8O)nnc7NC[C@H]6C5)nc4)CC2)C3)C(C)(C)C)cc1. The molecule has 2 spiro atoms. The van der Waals surface area contributed by atoms with Crippen LogP contribution in [0, 0.1) is 57.7 Å². The van der Waals surface area contributed by atoms with Crippen molar-refractivity contribution in [2.24, 2.45) is 33.5 Å². The molecule has 6 amide bonds. The fourth-order valence-electron chi connectivity index (χ4n) is 25.0. The van der Waals surface area contributed by atoms with Gasteiger partial charge in [-0.2, -0.15) is 0 Å².